The Morgan fingerprint density at radius 2 is 2.07 bits per heavy atom. The lowest BCUT2D eigenvalue weighted by Gasteiger charge is -2.08. The van der Waals surface area contributed by atoms with Gasteiger partial charge in [-0.05, 0) is 19.3 Å². The van der Waals surface area contributed by atoms with Crippen LogP contribution in [0.1, 0.15) is 46.5 Å². The zero-order valence-electron chi connectivity index (χ0n) is 9.58. The minimum atomic E-state index is -0.0586. The van der Waals surface area contributed by atoms with Gasteiger partial charge in [0, 0.05) is 0 Å². The highest BCUT2D eigenvalue weighted by atomic mass is 16.5. The summed E-state index contributed by atoms with van der Waals surface area (Å²) in [4.78, 5) is 11.3. The van der Waals surface area contributed by atoms with Gasteiger partial charge in [0.15, 0.2) is 0 Å². The van der Waals surface area contributed by atoms with Gasteiger partial charge in [0.05, 0.1) is 12.5 Å². The Bertz CT molecular complexity index is 173. The smallest absolute Gasteiger partial charge is 0.308 e. The lowest BCUT2D eigenvalue weighted by atomic mass is 10.1. The standard InChI is InChI=1S/C12H22O2/c1-4-6-7-8-10-14-12(13)11(3)9-5-2/h6-7,11H,4-5,8-10H2,1-3H3. The van der Waals surface area contributed by atoms with Crippen LogP contribution < -0.4 is 0 Å². The van der Waals surface area contributed by atoms with Gasteiger partial charge in [0.2, 0.25) is 0 Å². The Labute approximate surface area is 87.3 Å². The van der Waals surface area contributed by atoms with E-state index in [1.54, 1.807) is 0 Å². The van der Waals surface area contributed by atoms with Crippen molar-refractivity contribution in [2.45, 2.75) is 46.5 Å². The second-order valence-corrected chi connectivity index (χ2v) is 3.53. The summed E-state index contributed by atoms with van der Waals surface area (Å²) in [5.41, 5.74) is 0. The number of carbonyl (C=O) groups is 1. The van der Waals surface area contributed by atoms with Crippen molar-refractivity contribution in [3.8, 4) is 0 Å². The molecule has 0 spiro atoms. The first-order valence-corrected chi connectivity index (χ1v) is 5.54. The maximum absolute atomic E-state index is 11.3. The topological polar surface area (TPSA) is 26.3 Å². The van der Waals surface area contributed by atoms with Gasteiger partial charge in [-0.15, -0.1) is 0 Å². The number of allylic oxidation sites excluding steroid dienone is 1. The molecule has 0 aliphatic carbocycles. The number of carbonyl (C=O) groups excluding carboxylic acids is 1. The van der Waals surface area contributed by atoms with Gasteiger partial charge < -0.3 is 4.74 Å². The fraction of sp³-hybridized carbons (Fsp3) is 0.750. The van der Waals surface area contributed by atoms with Gasteiger partial charge in [-0.25, -0.2) is 0 Å². The third-order valence-electron chi connectivity index (χ3n) is 2.06. The second-order valence-electron chi connectivity index (χ2n) is 3.53. The first kappa shape index (κ1) is 13.2. The Hall–Kier alpha value is -0.790. The van der Waals surface area contributed by atoms with Crippen LogP contribution in [0.15, 0.2) is 12.2 Å². The molecular formula is C12H22O2. The van der Waals surface area contributed by atoms with Crippen molar-refractivity contribution in [1.82, 2.24) is 0 Å². The van der Waals surface area contributed by atoms with Crippen molar-refractivity contribution in [2.75, 3.05) is 6.61 Å². The van der Waals surface area contributed by atoms with Crippen molar-refractivity contribution < 1.29 is 9.53 Å². The summed E-state index contributed by atoms with van der Waals surface area (Å²) in [6, 6.07) is 0. The summed E-state index contributed by atoms with van der Waals surface area (Å²) >= 11 is 0. The maximum Gasteiger partial charge on any atom is 0.308 e. The molecular weight excluding hydrogens is 176 g/mol. The van der Waals surface area contributed by atoms with Crippen LogP contribution in [0.3, 0.4) is 0 Å². The molecule has 0 rings (SSSR count). The van der Waals surface area contributed by atoms with Crippen LogP contribution >= 0.6 is 0 Å². The third kappa shape index (κ3) is 6.70. The van der Waals surface area contributed by atoms with E-state index in [2.05, 4.69) is 26.0 Å². The highest BCUT2D eigenvalue weighted by Gasteiger charge is 2.11. The van der Waals surface area contributed by atoms with Gasteiger partial charge in [-0.3, -0.25) is 4.79 Å². The van der Waals surface area contributed by atoms with Crippen LogP contribution in [-0.4, -0.2) is 12.6 Å². The molecule has 82 valence electrons. The summed E-state index contributed by atoms with van der Waals surface area (Å²) in [5, 5.41) is 0. The number of hydrogen-bond donors (Lipinski definition) is 0. The molecule has 0 saturated heterocycles. The first-order valence-electron chi connectivity index (χ1n) is 5.54. The number of esters is 1. The molecule has 0 aromatic heterocycles. The Balaban J connectivity index is 3.48. The summed E-state index contributed by atoms with van der Waals surface area (Å²) in [6.45, 7) is 6.61. The maximum atomic E-state index is 11.3. The van der Waals surface area contributed by atoms with E-state index in [1.807, 2.05) is 6.92 Å². The van der Waals surface area contributed by atoms with Crippen LogP contribution in [0.2, 0.25) is 0 Å². The zero-order chi connectivity index (χ0) is 10.8. The molecule has 2 heteroatoms. The summed E-state index contributed by atoms with van der Waals surface area (Å²) in [7, 11) is 0. The van der Waals surface area contributed by atoms with Crippen LogP contribution in [0, 0.1) is 5.92 Å². The molecule has 0 amide bonds. The normalized spacial score (nSPS) is 13.1. The molecule has 14 heavy (non-hydrogen) atoms. The second kappa shape index (κ2) is 8.79. The van der Waals surface area contributed by atoms with Crippen molar-refractivity contribution in [3.63, 3.8) is 0 Å². The Morgan fingerprint density at radius 3 is 2.64 bits per heavy atom. The first-order chi connectivity index (χ1) is 6.72. The van der Waals surface area contributed by atoms with Gasteiger partial charge >= 0.3 is 5.97 Å². The van der Waals surface area contributed by atoms with Gasteiger partial charge in [-0.2, -0.15) is 0 Å². The van der Waals surface area contributed by atoms with E-state index < -0.39 is 0 Å². The monoisotopic (exact) mass is 198 g/mol. The van der Waals surface area contributed by atoms with E-state index in [1.165, 1.54) is 0 Å². The average molecular weight is 198 g/mol. The number of rotatable bonds is 7. The molecule has 0 radical (unpaired) electrons. The van der Waals surface area contributed by atoms with Crippen molar-refractivity contribution >= 4 is 5.97 Å². The molecule has 0 saturated carbocycles. The Kier molecular flexibility index (Phi) is 8.30. The zero-order valence-corrected chi connectivity index (χ0v) is 9.58. The minimum absolute atomic E-state index is 0.0511. The van der Waals surface area contributed by atoms with Gasteiger partial charge in [-0.1, -0.05) is 39.3 Å². The SMILES string of the molecule is CCC=CCCOC(=O)C(C)CCC. The van der Waals surface area contributed by atoms with E-state index in [0.717, 1.165) is 25.7 Å². The minimum Gasteiger partial charge on any atom is -0.465 e. The molecule has 0 aromatic rings. The molecule has 0 bridgehead atoms. The average Bonchev–Trinajstić information content (AvgIpc) is 2.17. The molecule has 1 unspecified atom stereocenters. The van der Waals surface area contributed by atoms with E-state index in [-0.39, 0.29) is 11.9 Å². The molecule has 0 aliphatic heterocycles. The highest BCUT2D eigenvalue weighted by molar-refractivity contribution is 5.71. The van der Waals surface area contributed by atoms with E-state index in [4.69, 9.17) is 4.74 Å². The van der Waals surface area contributed by atoms with E-state index in [0.29, 0.717) is 6.61 Å². The molecule has 0 heterocycles. The van der Waals surface area contributed by atoms with Crippen molar-refractivity contribution in [1.29, 1.82) is 0 Å². The van der Waals surface area contributed by atoms with Gasteiger partial charge in [0.25, 0.3) is 0 Å². The fourth-order valence-electron chi connectivity index (χ4n) is 1.21. The summed E-state index contributed by atoms with van der Waals surface area (Å²) < 4.78 is 5.11. The molecule has 0 N–H and O–H groups in total. The van der Waals surface area contributed by atoms with Crippen LogP contribution in [0.25, 0.3) is 0 Å². The molecule has 0 fully saturated rings. The van der Waals surface area contributed by atoms with E-state index in [9.17, 15) is 4.79 Å². The lowest BCUT2D eigenvalue weighted by molar-refractivity contribution is -0.148. The number of ether oxygens (including phenoxy) is 1. The van der Waals surface area contributed by atoms with Crippen LogP contribution in [0.4, 0.5) is 0 Å². The van der Waals surface area contributed by atoms with Crippen LogP contribution in [0.5, 0.6) is 0 Å². The van der Waals surface area contributed by atoms with Crippen LogP contribution in [-0.2, 0) is 9.53 Å². The van der Waals surface area contributed by atoms with Crippen molar-refractivity contribution in [2.24, 2.45) is 5.92 Å². The third-order valence-corrected chi connectivity index (χ3v) is 2.06. The highest BCUT2D eigenvalue weighted by Crippen LogP contribution is 2.07. The lowest BCUT2D eigenvalue weighted by Crippen LogP contribution is -2.14. The fourth-order valence-corrected chi connectivity index (χ4v) is 1.21. The number of hydrogen-bond acceptors (Lipinski definition) is 2. The molecule has 0 aromatic carbocycles. The molecule has 0 aliphatic rings. The molecule has 2 nitrogen and oxygen atoms in total. The van der Waals surface area contributed by atoms with E-state index >= 15 is 0 Å². The quantitative estimate of drug-likeness (QED) is 0.356. The summed E-state index contributed by atoms with van der Waals surface area (Å²) in [6.07, 6.45) is 7.97. The van der Waals surface area contributed by atoms with Gasteiger partial charge in [0.1, 0.15) is 0 Å². The predicted octanol–water partition coefficient (Wildman–Crippen LogP) is 3.32. The predicted molar refractivity (Wildman–Crippen MR) is 59.1 cm³/mol. The summed E-state index contributed by atoms with van der Waals surface area (Å²) in [5.74, 6) is -0.00750. The largest absolute Gasteiger partial charge is 0.465 e. The van der Waals surface area contributed by atoms with Crippen molar-refractivity contribution in [3.05, 3.63) is 12.2 Å². The molecule has 1 atom stereocenters. The Morgan fingerprint density at radius 1 is 1.36 bits per heavy atom.